The lowest BCUT2D eigenvalue weighted by atomic mass is 10.1. The monoisotopic (exact) mass is 214 g/mol. The van der Waals surface area contributed by atoms with Crippen LogP contribution in [0.1, 0.15) is 39.0 Å². The summed E-state index contributed by atoms with van der Waals surface area (Å²) in [6, 6.07) is 0.620. The van der Waals surface area contributed by atoms with Crippen molar-refractivity contribution in [3.05, 3.63) is 0 Å². The molecule has 0 aromatic heterocycles. The molecule has 3 N–H and O–H groups in total. The quantitative estimate of drug-likeness (QED) is 0.621. The Morgan fingerprint density at radius 2 is 2.47 bits per heavy atom. The minimum Gasteiger partial charge on any atom is -0.396 e. The topological polar surface area (TPSA) is 61.4 Å². The van der Waals surface area contributed by atoms with Gasteiger partial charge in [0, 0.05) is 31.7 Å². The summed E-state index contributed by atoms with van der Waals surface area (Å²) in [6.45, 7) is 3.11. The minimum atomic E-state index is 0.142. The van der Waals surface area contributed by atoms with Gasteiger partial charge in [-0.3, -0.25) is 4.79 Å². The molecule has 15 heavy (non-hydrogen) atoms. The van der Waals surface area contributed by atoms with Gasteiger partial charge in [0.15, 0.2) is 0 Å². The zero-order chi connectivity index (χ0) is 11.1. The van der Waals surface area contributed by atoms with Crippen LogP contribution in [0.4, 0.5) is 0 Å². The van der Waals surface area contributed by atoms with Crippen LogP contribution in [0.5, 0.6) is 0 Å². The van der Waals surface area contributed by atoms with Crippen molar-refractivity contribution in [3.63, 3.8) is 0 Å². The van der Waals surface area contributed by atoms with E-state index in [2.05, 4.69) is 17.6 Å². The maximum Gasteiger partial charge on any atom is 0.221 e. The highest BCUT2D eigenvalue weighted by Gasteiger charge is 2.19. The Morgan fingerprint density at radius 1 is 1.67 bits per heavy atom. The first-order chi connectivity index (χ1) is 7.26. The molecule has 0 radical (unpaired) electrons. The van der Waals surface area contributed by atoms with Gasteiger partial charge >= 0.3 is 0 Å². The van der Waals surface area contributed by atoms with Gasteiger partial charge < -0.3 is 15.7 Å². The molecule has 0 aliphatic carbocycles. The number of amides is 1. The summed E-state index contributed by atoms with van der Waals surface area (Å²) in [4.78, 5) is 11.3. The summed E-state index contributed by atoms with van der Waals surface area (Å²) in [6.07, 6.45) is 4.43. The van der Waals surface area contributed by atoms with Crippen LogP contribution in [-0.2, 0) is 4.79 Å². The fourth-order valence-electron chi connectivity index (χ4n) is 2.01. The van der Waals surface area contributed by atoms with Gasteiger partial charge in [0.25, 0.3) is 0 Å². The summed E-state index contributed by atoms with van der Waals surface area (Å²) in [5, 5.41) is 15.2. The van der Waals surface area contributed by atoms with E-state index < -0.39 is 0 Å². The van der Waals surface area contributed by atoms with Gasteiger partial charge in [0.1, 0.15) is 0 Å². The molecule has 0 bridgehead atoms. The zero-order valence-electron chi connectivity index (χ0n) is 9.46. The molecule has 1 amide bonds. The van der Waals surface area contributed by atoms with E-state index in [0.717, 1.165) is 32.2 Å². The molecule has 4 heteroatoms. The molecule has 4 nitrogen and oxygen atoms in total. The molecule has 1 aliphatic heterocycles. The maximum atomic E-state index is 11.3. The van der Waals surface area contributed by atoms with E-state index in [0.29, 0.717) is 12.5 Å². The summed E-state index contributed by atoms with van der Waals surface area (Å²) in [7, 11) is 0. The van der Waals surface area contributed by atoms with E-state index in [-0.39, 0.29) is 18.6 Å². The second-order valence-electron chi connectivity index (χ2n) is 4.18. The van der Waals surface area contributed by atoms with Crippen LogP contribution < -0.4 is 10.6 Å². The predicted molar refractivity (Wildman–Crippen MR) is 59.6 cm³/mol. The van der Waals surface area contributed by atoms with Gasteiger partial charge in [-0.25, -0.2) is 0 Å². The van der Waals surface area contributed by atoms with Crippen LogP contribution in [0.3, 0.4) is 0 Å². The summed E-state index contributed by atoms with van der Waals surface area (Å²) in [5.41, 5.74) is 0. The first kappa shape index (κ1) is 12.5. The van der Waals surface area contributed by atoms with Crippen molar-refractivity contribution in [1.82, 2.24) is 10.6 Å². The molecule has 0 aromatic carbocycles. The lowest BCUT2D eigenvalue weighted by Crippen LogP contribution is -2.40. The first-order valence-corrected chi connectivity index (χ1v) is 5.89. The van der Waals surface area contributed by atoms with E-state index in [1.165, 1.54) is 0 Å². The third kappa shape index (κ3) is 4.62. The highest BCUT2D eigenvalue weighted by atomic mass is 16.3. The van der Waals surface area contributed by atoms with Crippen LogP contribution in [0.15, 0.2) is 0 Å². The largest absolute Gasteiger partial charge is 0.396 e. The van der Waals surface area contributed by atoms with Crippen molar-refractivity contribution in [1.29, 1.82) is 0 Å². The Morgan fingerprint density at radius 3 is 3.13 bits per heavy atom. The summed E-state index contributed by atoms with van der Waals surface area (Å²) < 4.78 is 0. The van der Waals surface area contributed by atoms with Crippen molar-refractivity contribution in [3.8, 4) is 0 Å². The fourth-order valence-corrected chi connectivity index (χ4v) is 2.01. The number of hydrogen-bond acceptors (Lipinski definition) is 3. The highest BCUT2D eigenvalue weighted by molar-refractivity contribution is 5.76. The van der Waals surface area contributed by atoms with E-state index in [1.807, 2.05) is 0 Å². The molecule has 1 fully saturated rings. The Labute approximate surface area is 91.4 Å². The van der Waals surface area contributed by atoms with E-state index in [9.17, 15) is 4.79 Å². The second kappa shape index (κ2) is 6.80. The van der Waals surface area contributed by atoms with Gasteiger partial charge in [-0.2, -0.15) is 0 Å². The lowest BCUT2D eigenvalue weighted by Gasteiger charge is -2.22. The highest BCUT2D eigenvalue weighted by Crippen LogP contribution is 2.09. The predicted octanol–water partition coefficient (Wildman–Crippen LogP) is 0.406. The van der Waals surface area contributed by atoms with Crippen molar-refractivity contribution < 1.29 is 9.90 Å². The number of carbonyl (C=O) groups excluding carboxylic acids is 1. The number of aliphatic hydroxyl groups is 1. The second-order valence-corrected chi connectivity index (χ2v) is 4.18. The molecule has 88 valence electrons. The van der Waals surface area contributed by atoms with Crippen LogP contribution in [0, 0.1) is 0 Å². The minimum absolute atomic E-state index is 0.142. The Kier molecular flexibility index (Phi) is 5.65. The molecule has 1 saturated heterocycles. The van der Waals surface area contributed by atoms with Crippen LogP contribution in [0.25, 0.3) is 0 Å². The number of nitrogens with one attached hydrogen (secondary N) is 2. The number of hydrogen-bond donors (Lipinski definition) is 3. The average Bonchev–Trinajstić information content (AvgIpc) is 2.42. The molecule has 0 saturated carbocycles. The molecule has 1 aliphatic rings. The molecular weight excluding hydrogens is 192 g/mol. The van der Waals surface area contributed by atoms with Crippen molar-refractivity contribution in [2.75, 3.05) is 13.2 Å². The normalized spacial score (nSPS) is 24.4. The van der Waals surface area contributed by atoms with E-state index in [4.69, 9.17) is 5.11 Å². The van der Waals surface area contributed by atoms with Gasteiger partial charge in [0.05, 0.1) is 0 Å². The molecule has 1 heterocycles. The maximum absolute atomic E-state index is 11.3. The molecule has 0 spiro atoms. The zero-order valence-corrected chi connectivity index (χ0v) is 9.46. The van der Waals surface area contributed by atoms with Gasteiger partial charge in [-0.1, -0.05) is 6.92 Å². The molecule has 2 unspecified atom stereocenters. The SMILES string of the molecule is CCC(CCO)NC1CCCNC(=O)C1. The summed E-state index contributed by atoms with van der Waals surface area (Å²) in [5.74, 6) is 0.142. The number of rotatable bonds is 5. The lowest BCUT2D eigenvalue weighted by molar-refractivity contribution is -0.121. The van der Waals surface area contributed by atoms with Gasteiger partial charge in [-0.05, 0) is 25.7 Å². The van der Waals surface area contributed by atoms with E-state index >= 15 is 0 Å². The first-order valence-electron chi connectivity index (χ1n) is 5.89. The van der Waals surface area contributed by atoms with Crippen molar-refractivity contribution in [2.24, 2.45) is 0 Å². The van der Waals surface area contributed by atoms with Gasteiger partial charge in [0.2, 0.25) is 5.91 Å². The van der Waals surface area contributed by atoms with E-state index in [1.54, 1.807) is 0 Å². The molecule has 0 aromatic rings. The third-order valence-electron chi connectivity index (χ3n) is 2.93. The standard InChI is InChI=1S/C11H22N2O2/c1-2-9(5-7-14)13-10-4-3-6-12-11(15)8-10/h9-10,13-14H,2-8H2,1H3,(H,12,15). The van der Waals surface area contributed by atoms with Crippen LogP contribution >= 0.6 is 0 Å². The summed E-state index contributed by atoms with van der Waals surface area (Å²) >= 11 is 0. The van der Waals surface area contributed by atoms with Gasteiger partial charge in [-0.15, -0.1) is 0 Å². The Hall–Kier alpha value is -0.610. The van der Waals surface area contributed by atoms with Crippen LogP contribution in [-0.4, -0.2) is 36.2 Å². The average molecular weight is 214 g/mol. The number of carbonyl (C=O) groups is 1. The molecule has 1 rings (SSSR count). The van der Waals surface area contributed by atoms with Crippen LogP contribution in [0.2, 0.25) is 0 Å². The number of aliphatic hydroxyl groups excluding tert-OH is 1. The van der Waals surface area contributed by atoms with Crippen molar-refractivity contribution in [2.45, 2.75) is 51.1 Å². The molecule has 2 atom stereocenters. The molecular formula is C11H22N2O2. The Bertz CT molecular complexity index is 197. The fraction of sp³-hybridized carbons (Fsp3) is 0.909. The third-order valence-corrected chi connectivity index (χ3v) is 2.93. The van der Waals surface area contributed by atoms with Crippen molar-refractivity contribution >= 4 is 5.91 Å². The smallest absolute Gasteiger partial charge is 0.221 e. The Balaban J connectivity index is 2.36.